The van der Waals surface area contributed by atoms with Crippen LogP contribution in [0, 0.1) is 0 Å². The lowest BCUT2D eigenvalue weighted by atomic mass is 10.1. The molecule has 0 spiro atoms. The van der Waals surface area contributed by atoms with Crippen LogP contribution in [0.4, 0.5) is 30.2 Å². The molecule has 0 aliphatic carbocycles. The van der Waals surface area contributed by atoms with Gasteiger partial charge in [0.25, 0.3) is 0 Å². The molecule has 1 heterocycles. The molecule has 0 atom stereocenters. The smallest absolute Gasteiger partial charge is 0.397 e. The zero-order chi connectivity index (χ0) is 14.9. The Morgan fingerprint density at radius 1 is 1.40 bits per heavy atom. The van der Waals surface area contributed by atoms with Crippen molar-refractivity contribution in [3.8, 4) is 0 Å². The molecule has 20 heavy (non-hydrogen) atoms. The minimum Gasteiger partial charge on any atom is -0.397 e. The van der Waals surface area contributed by atoms with Crippen LogP contribution in [0.25, 0.3) is 0 Å². The largest absolute Gasteiger partial charge is 0.405 e. The molecule has 0 saturated heterocycles. The number of nitrogens with one attached hydrogen (secondary N) is 1. The van der Waals surface area contributed by atoms with Gasteiger partial charge in [-0.15, -0.1) is 0 Å². The molecular formula is C13H16F3N3O. The van der Waals surface area contributed by atoms with Crippen LogP contribution in [-0.4, -0.2) is 25.2 Å². The predicted molar refractivity (Wildman–Crippen MR) is 71.7 cm³/mol. The highest BCUT2D eigenvalue weighted by molar-refractivity contribution is 6.00. The first-order valence-electron chi connectivity index (χ1n) is 6.34. The molecule has 2 rings (SSSR count). The summed E-state index contributed by atoms with van der Waals surface area (Å²) in [6.07, 6.45) is -3.52. The number of hydrogen-bond acceptors (Lipinski definition) is 3. The summed E-state index contributed by atoms with van der Waals surface area (Å²) in [5.41, 5.74) is 7.68. The summed E-state index contributed by atoms with van der Waals surface area (Å²) in [7, 11) is 0. The highest BCUT2D eigenvalue weighted by Gasteiger charge is 2.32. The normalized spacial score (nSPS) is 14.1. The first kappa shape index (κ1) is 14.5. The number of nitrogens with zero attached hydrogens (tertiary/aromatic N) is 1. The quantitative estimate of drug-likeness (QED) is 0.837. The van der Waals surface area contributed by atoms with E-state index in [0.29, 0.717) is 17.8 Å². The summed E-state index contributed by atoms with van der Waals surface area (Å²) in [4.78, 5) is 12.5. The maximum Gasteiger partial charge on any atom is 0.405 e. The van der Waals surface area contributed by atoms with Crippen molar-refractivity contribution in [1.29, 1.82) is 0 Å². The Morgan fingerprint density at radius 2 is 2.10 bits per heavy atom. The number of nitrogens with two attached hydrogens (primary N) is 1. The summed E-state index contributed by atoms with van der Waals surface area (Å²) >= 11 is 0. The van der Waals surface area contributed by atoms with Crippen molar-refractivity contribution in [2.75, 3.05) is 29.0 Å². The number of rotatable bonds is 4. The molecule has 110 valence electrons. The Bertz CT molecular complexity index is 528. The number of carbonyl (C=O) groups is 1. The highest BCUT2D eigenvalue weighted by atomic mass is 19.4. The predicted octanol–water partition coefficient (Wildman–Crippen LogP) is 2.54. The lowest BCUT2D eigenvalue weighted by Gasteiger charge is -2.27. The number of carbonyl (C=O) groups excluding carboxylic acids is 1. The fourth-order valence-electron chi connectivity index (χ4n) is 2.33. The average molecular weight is 287 g/mol. The van der Waals surface area contributed by atoms with Crippen molar-refractivity contribution in [3.05, 3.63) is 17.7 Å². The molecule has 4 nitrogen and oxygen atoms in total. The van der Waals surface area contributed by atoms with Gasteiger partial charge in [-0.2, -0.15) is 13.2 Å². The molecule has 0 radical (unpaired) electrons. The van der Waals surface area contributed by atoms with Gasteiger partial charge in [-0.25, -0.2) is 0 Å². The van der Waals surface area contributed by atoms with Gasteiger partial charge in [-0.1, -0.05) is 6.92 Å². The van der Waals surface area contributed by atoms with Crippen LogP contribution in [0.2, 0.25) is 0 Å². The first-order chi connectivity index (χ1) is 9.30. The number of alkyl halides is 3. The van der Waals surface area contributed by atoms with Gasteiger partial charge in [0.2, 0.25) is 5.91 Å². The standard InChI is InChI=1S/C13H16F3N3O/c1-2-3-19(7-13(14,15)16)11-6-10-8(4-9(11)17)5-12(20)18-10/h4,6H,2-3,5,7,17H2,1H3,(H,18,20). The van der Waals surface area contributed by atoms with Crippen LogP contribution < -0.4 is 16.0 Å². The van der Waals surface area contributed by atoms with Crippen molar-refractivity contribution >= 4 is 23.0 Å². The lowest BCUT2D eigenvalue weighted by Crippen LogP contribution is -2.35. The topological polar surface area (TPSA) is 58.4 Å². The third-order valence-electron chi connectivity index (χ3n) is 3.08. The van der Waals surface area contributed by atoms with E-state index in [0.717, 1.165) is 5.56 Å². The van der Waals surface area contributed by atoms with Gasteiger partial charge in [0.1, 0.15) is 6.54 Å². The SMILES string of the molecule is CCCN(CC(F)(F)F)c1cc2c(cc1N)CC(=O)N2. The minimum atomic E-state index is -4.30. The number of fused-ring (bicyclic) bond motifs is 1. The summed E-state index contributed by atoms with van der Waals surface area (Å²) in [5.74, 6) is -0.172. The molecule has 0 unspecified atom stereocenters. The molecule has 1 aliphatic rings. The van der Waals surface area contributed by atoms with E-state index in [4.69, 9.17) is 5.73 Å². The van der Waals surface area contributed by atoms with Crippen LogP contribution in [-0.2, 0) is 11.2 Å². The molecule has 0 aromatic heterocycles. The van der Waals surface area contributed by atoms with E-state index < -0.39 is 12.7 Å². The van der Waals surface area contributed by atoms with E-state index in [9.17, 15) is 18.0 Å². The van der Waals surface area contributed by atoms with Gasteiger partial charge in [0, 0.05) is 12.2 Å². The van der Waals surface area contributed by atoms with Crippen LogP contribution >= 0.6 is 0 Å². The average Bonchev–Trinajstić information content (AvgIpc) is 2.65. The summed E-state index contributed by atoms with van der Waals surface area (Å²) in [6.45, 7) is 0.989. The number of hydrogen-bond donors (Lipinski definition) is 2. The summed E-state index contributed by atoms with van der Waals surface area (Å²) in [6, 6.07) is 3.10. The molecule has 1 aromatic rings. The fourth-order valence-corrected chi connectivity index (χ4v) is 2.33. The molecule has 0 saturated carbocycles. The van der Waals surface area contributed by atoms with Gasteiger partial charge in [-0.3, -0.25) is 4.79 Å². The van der Waals surface area contributed by atoms with Gasteiger partial charge in [0.05, 0.1) is 17.8 Å². The van der Waals surface area contributed by atoms with E-state index in [2.05, 4.69) is 5.32 Å². The van der Waals surface area contributed by atoms with E-state index in [1.165, 1.54) is 11.0 Å². The van der Waals surface area contributed by atoms with Gasteiger partial charge < -0.3 is 16.0 Å². The molecule has 7 heteroatoms. The summed E-state index contributed by atoms with van der Waals surface area (Å²) in [5, 5.41) is 2.62. The number of anilines is 3. The van der Waals surface area contributed by atoms with Crippen LogP contribution in [0.3, 0.4) is 0 Å². The molecular weight excluding hydrogens is 271 g/mol. The van der Waals surface area contributed by atoms with Gasteiger partial charge in [-0.05, 0) is 24.1 Å². The van der Waals surface area contributed by atoms with Crippen LogP contribution in [0.15, 0.2) is 12.1 Å². The zero-order valence-corrected chi connectivity index (χ0v) is 11.0. The Hall–Kier alpha value is -1.92. The monoisotopic (exact) mass is 287 g/mol. The van der Waals surface area contributed by atoms with Gasteiger partial charge >= 0.3 is 6.18 Å². The van der Waals surface area contributed by atoms with E-state index >= 15 is 0 Å². The Morgan fingerprint density at radius 3 is 2.70 bits per heavy atom. The van der Waals surface area contributed by atoms with Gasteiger partial charge in [0.15, 0.2) is 0 Å². The second-order valence-corrected chi connectivity index (χ2v) is 4.83. The second-order valence-electron chi connectivity index (χ2n) is 4.83. The van der Waals surface area contributed by atoms with E-state index in [1.807, 2.05) is 0 Å². The first-order valence-corrected chi connectivity index (χ1v) is 6.34. The van der Waals surface area contributed by atoms with Crippen molar-refractivity contribution in [2.45, 2.75) is 25.9 Å². The summed E-state index contributed by atoms with van der Waals surface area (Å²) < 4.78 is 37.9. The molecule has 3 N–H and O–H groups in total. The molecule has 1 amide bonds. The minimum absolute atomic E-state index is 0.172. The third-order valence-corrected chi connectivity index (χ3v) is 3.08. The lowest BCUT2D eigenvalue weighted by molar-refractivity contribution is -0.119. The maximum atomic E-state index is 12.6. The Labute approximate surface area is 114 Å². The number of halogens is 3. The molecule has 1 aliphatic heterocycles. The number of amides is 1. The number of benzene rings is 1. The molecule has 0 bridgehead atoms. The third kappa shape index (κ3) is 3.15. The van der Waals surface area contributed by atoms with Crippen molar-refractivity contribution < 1.29 is 18.0 Å². The zero-order valence-electron chi connectivity index (χ0n) is 11.0. The Kier molecular flexibility index (Phi) is 3.78. The molecule has 0 fully saturated rings. The van der Waals surface area contributed by atoms with Crippen molar-refractivity contribution in [1.82, 2.24) is 0 Å². The molecule has 1 aromatic carbocycles. The Balaban J connectivity index is 2.34. The van der Waals surface area contributed by atoms with Crippen molar-refractivity contribution in [3.63, 3.8) is 0 Å². The fraction of sp³-hybridized carbons (Fsp3) is 0.462. The maximum absolute atomic E-state index is 12.6. The van der Waals surface area contributed by atoms with Crippen molar-refractivity contribution in [2.24, 2.45) is 0 Å². The van der Waals surface area contributed by atoms with E-state index in [-0.39, 0.29) is 24.6 Å². The highest BCUT2D eigenvalue weighted by Crippen LogP contribution is 2.35. The van der Waals surface area contributed by atoms with Crippen LogP contribution in [0.5, 0.6) is 0 Å². The van der Waals surface area contributed by atoms with E-state index in [1.54, 1.807) is 13.0 Å². The van der Waals surface area contributed by atoms with Crippen LogP contribution in [0.1, 0.15) is 18.9 Å². The number of nitrogen functional groups attached to an aromatic ring is 1. The second kappa shape index (κ2) is 5.22.